The summed E-state index contributed by atoms with van der Waals surface area (Å²) in [5.74, 6) is -4.10. The second kappa shape index (κ2) is 14.5. The number of phenols is 1. The number of phenolic OH excluding ortho intramolecular Hbond substituents is 1. The lowest BCUT2D eigenvalue weighted by Crippen LogP contribution is -2.54. The number of carboxylic acid groups (broad SMARTS) is 1. The van der Waals surface area contributed by atoms with Gasteiger partial charge in [0.05, 0.1) is 25.7 Å². The van der Waals surface area contributed by atoms with E-state index in [-0.39, 0.29) is 24.5 Å². The first kappa shape index (κ1) is 29.3. The Balaban J connectivity index is 2.48. The van der Waals surface area contributed by atoms with Gasteiger partial charge in [0.1, 0.15) is 17.8 Å². The molecule has 35 heavy (non-hydrogen) atoms. The van der Waals surface area contributed by atoms with Gasteiger partial charge in [-0.25, -0.2) is 4.79 Å². The SMILES string of the molecule is CC(C)C[C@H](NC(=O)CNC(=O)CNC(=O)[C@@H](N)Cc1ccc(O)cc1)C(=O)N[C@@H](CO)C(=O)O. The van der Waals surface area contributed by atoms with E-state index in [9.17, 15) is 29.1 Å². The zero-order chi connectivity index (χ0) is 26.5. The van der Waals surface area contributed by atoms with Crippen LogP contribution in [-0.2, 0) is 30.4 Å². The van der Waals surface area contributed by atoms with E-state index in [1.807, 2.05) is 0 Å². The van der Waals surface area contributed by atoms with Gasteiger partial charge in [-0.15, -0.1) is 0 Å². The van der Waals surface area contributed by atoms with Crippen molar-refractivity contribution in [3.05, 3.63) is 29.8 Å². The number of carbonyl (C=O) groups excluding carboxylic acids is 4. The molecule has 13 heteroatoms. The summed E-state index contributed by atoms with van der Waals surface area (Å²) in [5.41, 5.74) is 6.54. The van der Waals surface area contributed by atoms with E-state index in [0.29, 0.717) is 0 Å². The van der Waals surface area contributed by atoms with Crippen LogP contribution in [-0.4, -0.2) is 82.7 Å². The number of aliphatic hydroxyl groups is 1. The van der Waals surface area contributed by atoms with E-state index in [0.717, 1.165) is 5.56 Å². The maximum atomic E-state index is 12.4. The predicted octanol–water partition coefficient (Wildman–Crippen LogP) is -2.41. The van der Waals surface area contributed by atoms with Crippen molar-refractivity contribution in [3.8, 4) is 5.75 Å². The van der Waals surface area contributed by atoms with Crippen molar-refractivity contribution in [2.45, 2.75) is 44.8 Å². The number of rotatable bonds is 14. The van der Waals surface area contributed by atoms with Crippen LogP contribution in [0.25, 0.3) is 0 Å². The van der Waals surface area contributed by atoms with Crippen molar-refractivity contribution >= 4 is 29.6 Å². The minimum absolute atomic E-state index is 0.0287. The zero-order valence-corrected chi connectivity index (χ0v) is 19.6. The summed E-state index contributed by atoms with van der Waals surface area (Å²) < 4.78 is 0. The molecule has 0 saturated carbocycles. The fraction of sp³-hybridized carbons (Fsp3) is 0.500. The molecule has 0 heterocycles. The van der Waals surface area contributed by atoms with Crippen molar-refractivity contribution < 1.29 is 39.3 Å². The van der Waals surface area contributed by atoms with Gasteiger partial charge in [0.25, 0.3) is 0 Å². The van der Waals surface area contributed by atoms with Crippen LogP contribution in [0.2, 0.25) is 0 Å². The van der Waals surface area contributed by atoms with E-state index in [1.54, 1.807) is 26.0 Å². The highest BCUT2D eigenvalue weighted by atomic mass is 16.4. The molecule has 13 nitrogen and oxygen atoms in total. The van der Waals surface area contributed by atoms with Crippen LogP contribution >= 0.6 is 0 Å². The third-order valence-electron chi connectivity index (χ3n) is 4.75. The topological polar surface area (TPSA) is 220 Å². The van der Waals surface area contributed by atoms with Gasteiger partial charge in [0.2, 0.25) is 23.6 Å². The molecule has 0 radical (unpaired) electrons. The second-order valence-electron chi connectivity index (χ2n) is 8.30. The number of benzene rings is 1. The van der Waals surface area contributed by atoms with Gasteiger partial charge in [-0.3, -0.25) is 19.2 Å². The highest BCUT2D eigenvalue weighted by Crippen LogP contribution is 2.11. The summed E-state index contributed by atoms with van der Waals surface area (Å²) >= 11 is 0. The molecule has 3 atom stereocenters. The van der Waals surface area contributed by atoms with Gasteiger partial charge in [0.15, 0.2) is 0 Å². The molecule has 4 amide bonds. The molecule has 0 aliphatic carbocycles. The fourth-order valence-corrected chi connectivity index (χ4v) is 2.92. The molecule has 0 unspecified atom stereocenters. The van der Waals surface area contributed by atoms with Gasteiger partial charge in [-0.2, -0.15) is 0 Å². The number of nitrogens with two attached hydrogens (primary N) is 1. The molecule has 0 saturated heterocycles. The molecule has 0 spiro atoms. The Hall–Kier alpha value is -3.71. The molecular weight excluding hydrogens is 462 g/mol. The summed E-state index contributed by atoms with van der Waals surface area (Å²) in [6, 6.07) is 2.64. The van der Waals surface area contributed by atoms with Gasteiger partial charge in [-0.05, 0) is 36.5 Å². The van der Waals surface area contributed by atoms with Crippen LogP contribution in [0.5, 0.6) is 5.75 Å². The van der Waals surface area contributed by atoms with Crippen LogP contribution < -0.4 is 27.0 Å². The minimum atomic E-state index is -1.52. The first-order valence-electron chi connectivity index (χ1n) is 10.9. The Morgan fingerprint density at radius 2 is 1.49 bits per heavy atom. The molecular formula is C22H33N5O8. The summed E-state index contributed by atoms with van der Waals surface area (Å²) in [5, 5.41) is 36.5. The molecule has 1 rings (SSSR count). The lowest BCUT2D eigenvalue weighted by Gasteiger charge is -2.22. The molecule has 0 bridgehead atoms. The fourth-order valence-electron chi connectivity index (χ4n) is 2.92. The maximum Gasteiger partial charge on any atom is 0.328 e. The predicted molar refractivity (Wildman–Crippen MR) is 124 cm³/mol. The summed E-state index contributed by atoms with van der Waals surface area (Å²) in [7, 11) is 0. The van der Waals surface area contributed by atoms with Crippen LogP contribution in [0, 0.1) is 5.92 Å². The zero-order valence-electron chi connectivity index (χ0n) is 19.6. The normalized spacial score (nSPS) is 13.3. The van der Waals surface area contributed by atoms with Crippen LogP contribution in [0.15, 0.2) is 24.3 Å². The van der Waals surface area contributed by atoms with E-state index in [2.05, 4.69) is 21.3 Å². The lowest BCUT2D eigenvalue weighted by molar-refractivity contribution is -0.143. The van der Waals surface area contributed by atoms with Crippen molar-refractivity contribution in [2.75, 3.05) is 19.7 Å². The monoisotopic (exact) mass is 495 g/mol. The highest BCUT2D eigenvalue weighted by Gasteiger charge is 2.27. The Bertz CT molecular complexity index is 890. The second-order valence-corrected chi connectivity index (χ2v) is 8.30. The van der Waals surface area contributed by atoms with Crippen molar-refractivity contribution in [3.63, 3.8) is 0 Å². The molecule has 0 aliphatic rings. The third-order valence-corrected chi connectivity index (χ3v) is 4.75. The Morgan fingerprint density at radius 1 is 0.886 bits per heavy atom. The standard InChI is InChI=1S/C22H33N5O8/c1-12(2)7-16(21(33)27-17(11-28)22(34)35)26-19(31)10-24-18(30)9-25-20(32)15(23)8-13-3-5-14(29)6-4-13/h3-6,12,15-17,28-29H,7-11,23H2,1-2H3,(H,24,30)(H,25,32)(H,26,31)(H,27,33)(H,34,35)/t15-,16-,17-/m0/s1. The number of carboxylic acids is 1. The Labute approximate surface area is 202 Å². The number of amides is 4. The summed E-state index contributed by atoms with van der Waals surface area (Å²) in [6.07, 6.45) is 0.382. The van der Waals surface area contributed by atoms with E-state index in [4.69, 9.17) is 15.9 Å². The van der Waals surface area contributed by atoms with Crippen molar-refractivity contribution in [2.24, 2.45) is 11.7 Å². The summed E-state index contributed by atoms with van der Waals surface area (Å²) in [6.45, 7) is 1.86. The molecule has 9 N–H and O–H groups in total. The molecule has 1 aromatic carbocycles. The van der Waals surface area contributed by atoms with Gasteiger partial charge >= 0.3 is 5.97 Å². The minimum Gasteiger partial charge on any atom is -0.508 e. The Morgan fingerprint density at radius 3 is 2.03 bits per heavy atom. The number of hydrogen-bond acceptors (Lipinski definition) is 8. The van der Waals surface area contributed by atoms with E-state index >= 15 is 0 Å². The first-order valence-corrected chi connectivity index (χ1v) is 10.9. The number of aliphatic carboxylic acids is 1. The van der Waals surface area contributed by atoms with Crippen LogP contribution in [0.3, 0.4) is 0 Å². The molecule has 1 aromatic rings. The van der Waals surface area contributed by atoms with Gasteiger partial charge in [-0.1, -0.05) is 26.0 Å². The smallest absolute Gasteiger partial charge is 0.328 e. The van der Waals surface area contributed by atoms with E-state index < -0.39 is 67.4 Å². The molecule has 0 fully saturated rings. The molecule has 194 valence electrons. The van der Waals surface area contributed by atoms with Crippen molar-refractivity contribution in [1.29, 1.82) is 0 Å². The highest BCUT2D eigenvalue weighted by molar-refractivity contribution is 5.93. The van der Waals surface area contributed by atoms with Gasteiger partial charge in [0, 0.05) is 0 Å². The number of aliphatic hydroxyl groups excluding tert-OH is 1. The molecule has 0 aromatic heterocycles. The first-order chi connectivity index (χ1) is 16.4. The average molecular weight is 496 g/mol. The maximum absolute atomic E-state index is 12.4. The van der Waals surface area contributed by atoms with Gasteiger partial charge < -0.3 is 42.3 Å². The molecule has 0 aliphatic heterocycles. The van der Waals surface area contributed by atoms with Crippen molar-refractivity contribution in [1.82, 2.24) is 21.3 Å². The average Bonchev–Trinajstić information content (AvgIpc) is 2.79. The van der Waals surface area contributed by atoms with Crippen LogP contribution in [0.4, 0.5) is 0 Å². The third kappa shape index (κ3) is 11.3. The number of hydrogen-bond donors (Lipinski definition) is 8. The van der Waals surface area contributed by atoms with E-state index in [1.165, 1.54) is 12.1 Å². The number of carbonyl (C=O) groups is 5. The summed E-state index contributed by atoms with van der Waals surface area (Å²) in [4.78, 5) is 59.6. The quantitative estimate of drug-likeness (QED) is 0.137. The van der Waals surface area contributed by atoms with Crippen LogP contribution in [0.1, 0.15) is 25.8 Å². The lowest BCUT2D eigenvalue weighted by atomic mass is 10.0. The Kier molecular flexibility index (Phi) is 12.2. The largest absolute Gasteiger partial charge is 0.508 e. The number of aromatic hydroxyl groups is 1. The number of nitrogens with one attached hydrogen (secondary N) is 4.